The van der Waals surface area contributed by atoms with Crippen molar-refractivity contribution in [3.8, 4) is 11.1 Å². The zero-order chi connectivity index (χ0) is 38.6. The second-order valence-corrected chi connectivity index (χ2v) is 15.6. The molecule has 0 fully saturated rings. The van der Waals surface area contributed by atoms with Gasteiger partial charge in [-0.1, -0.05) is 98.6 Å². The van der Waals surface area contributed by atoms with Crippen molar-refractivity contribution in [1.29, 1.82) is 0 Å². The molecule has 0 saturated carbocycles. The van der Waals surface area contributed by atoms with Gasteiger partial charge in [0.05, 0.1) is 17.4 Å². The van der Waals surface area contributed by atoms with Gasteiger partial charge in [0.15, 0.2) is 0 Å². The maximum absolute atomic E-state index is 13.8. The number of anilines is 2. The number of hydrogen-bond acceptors (Lipinski definition) is 7. The van der Waals surface area contributed by atoms with E-state index < -0.39 is 23.0 Å². The molecule has 282 valence electrons. The van der Waals surface area contributed by atoms with Gasteiger partial charge in [-0.05, 0) is 97.7 Å². The van der Waals surface area contributed by atoms with E-state index in [1.165, 1.54) is 23.1 Å². The molecule has 0 saturated heterocycles. The number of ether oxygens (including phenoxy) is 1. The van der Waals surface area contributed by atoms with Crippen LogP contribution in [0.25, 0.3) is 17.2 Å². The average molecular weight is 772 g/mol. The molecule has 10 heteroatoms. The van der Waals surface area contributed by atoms with E-state index in [1.54, 1.807) is 43.3 Å². The van der Waals surface area contributed by atoms with Crippen molar-refractivity contribution >= 4 is 63.6 Å². The Morgan fingerprint density at radius 1 is 0.782 bits per heavy atom. The van der Waals surface area contributed by atoms with Crippen molar-refractivity contribution in [3.05, 3.63) is 142 Å². The van der Waals surface area contributed by atoms with E-state index in [2.05, 4.69) is 16.0 Å². The van der Waals surface area contributed by atoms with Crippen LogP contribution in [-0.2, 0) is 27.2 Å². The van der Waals surface area contributed by atoms with Crippen molar-refractivity contribution < 1.29 is 23.9 Å². The zero-order valence-corrected chi connectivity index (χ0v) is 32.7. The van der Waals surface area contributed by atoms with Crippen molar-refractivity contribution in [3.63, 3.8) is 0 Å². The van der Waals surface area contributed by atoms with Gasteiger partial charge in [-0.2, -0.15) is 0 Å². The summed E-state index contributed by atoms with van der Waals surface area (Å²) < 4.78 is 5.44. The number of fused-ring (bicyclic) bond motifs is 1. The number of amides is 3. The first-order valence-corrected chi connectivity index (χ1v) is 20.5. The predicted molar refractivity (Wildman–Crippen MR) is 224 cm³/mol. The van der Waals surface area contributed by atoms with Gasteiger partial charge in [-0.15, -0.1) is 23.1 Å². The van der Waals surface area contributed by atoms with Gasteiger partial charge in [0, 0.05) is 21.0 Å². The van der Waals surface area contributed by atoms with Gasteiger partial charge in [-0.3, -0.25) is 14.4 Å². The molecule has 1 heterocycles. The third-order valence-corrected chi connectivity index (χ3v) is 11.8. The van der Waals surface area contributed by atoms with Crippen LogP contribution in [0.1, 0.15) is 82.7 Å². The van der Waals surface area contributed by atoms with Crippen LogP contribution in [0.4, 0.5) is 10.7 Å². The highest BCUT2D eigenvalue weighted by molar-refractivity contribution is 8.00. The molecular formula is C45H45N3O5S2. The summed E-state index contributed by atoms with van der Waals surface area (Å²) in [5.41, 5.74) is 5.36. The molecule has 4 aromatic carbocycles. The maximum Gasteiger partial charge on any atom is 0.341 e. The first-order valence-electron chi connectivity index (χ1n) is 18.8. The van der Waals surface area contributed by atoms with Crippen LogP contribution in [0.2, 0.25) is 0 Å². The van der Waals surface area contributed by atoms with Gasteiger partial charge < -0.3 is 20.7 Å². The van der Waals surface area contributed by atoms with Crippen molar-refractivity contribution in [2.75, 3.05) is 17.2 Å². The molecule has 6 rings (SSSR count). The summed E-state index contributed by atoms with van der Waals surface area (Å²) in [5, 5.41) is 8.93. The predicted octanol–water partition coefficient (Wildman–Crippen LogP) is 10.2. The van der Waals surface area contributed by atoms with Crippen molar-refractivity contribution in [1.82, 2.24) is 5.32 Å². The molecular weight excluding hydrogens is 727 g/mol. The number of rotatable bonds is 13. The Balaban J connectivity index is 1.19. The number of esters is 1. The molecule has 1 aromatic heterocycles. The van der Waals surface area contributed by atoms with Crippen LogP contribution < -0.4 is 16.0 Å². The third-order valence-electron chi connectivity index (χ3n) is 9.28. The van der Waals surface area contributed by atoms with Gasteiger partial charge in [0.2, 0.25) is 5.91 Å². The topological polar surface area (TPSA) is 114 Å². The van der Waals surface area contributed by atoms with E-state index in [-0.39, 0.29) is 18.2 Å². The molecule has 55 heavy (non-hydrogen) atoms. The Morgan fingerprint density at radius 2 is 1.47 bits per heavy atom. The van der Waals surface area contributed by atoms with Crippen LogP contribution >= 0.6 is 23.1 Å². The molecule has 3 amide bonds. The lowest BCUT2D eigenvalue weighted by Gasteiger charge is -2.16. The van der Waals surface area contributed by atoms with E-state index >= 15 is 0 Å². The molecule has 3 N–H and O–H groups in total. The SMILES string of the molecule is CCOC(=O)c1c(NC(=O)C(CC)Sc2cccc(NC(=O)/C(=C\c3ccc(-c4ccccc4)cc3)NC(=O)c3ccccc3)c2)sc2c1CCCCCC2. The average Bonchev–Trinajstić information content (AvgIpc) is 3.52. The molecule has 0 aliphatic heterocycles. The maximum atomic E-state index is 13.8. The second kappa shape index (κ2) is 19.2. The molecule has 0 spiro atoms. The molecule has 8 nitrogen and oxygen atoms in total. The number of hydrogen-bond donors (Lipinski definition) is 3. The molecule has 1 aliphatic rings. The van der Waals surface area contributed by atoms with E-state index in [0.717, 1.165) is 70.6 Å². The molecule has 5 aromatic rings. The Bertz CT molecular complexity index is 2150. The lowest BCUT2D eigenvalue weighted by atomic mass is 9.96. The Hall–Kier alpha value is -5.45. The minimum absolute atomic E-state index is 0.0765. The summed E-state index contributed by atoms with van der Waals surface area (Å²) in [6.45, 7) is 3.99. The van der Waals surface area contributed by atoms with Crippen molar-refractivity contribution in [2.24, 2.45) is 0 Å². The van der Waals surface area contributed by atoms with Crippen LogP contribution in [0.3, 0.4) is 0 Å². The third kappa shape index (κ3) is 10.4. The number of carbonyl (C=O) groups is 4. The lowest BCUT2D eigenvalue weighted by Crippen LogP contribution is -2.30. The summed E-state index contributed by atoms with van der Waals surface area (Å²) in [7, 11) is 0. The fourth-order valence-electron chi connectivity index (χ4n) is 6.46. The second-order valence-electron chi connectivity index (χ2n) is 13.2. The molecule has 1 aliphatic carbocycles. The summed E-state index contributed by atoms with van der Waals surface area (Å²) in [4.78, 5) is 55.9. The van der Waals surface area contributed by atoms with Crippen molar-refractivity contribution in [2.45, 2.75) is 68.9 Å². The van der Waals surface area contributed by atoms with E-state index in [1.807, 2.05) is 85.8 Å². The number of nitrogens with one attached hydrogen (secondary N) is 3. The normalized spacial score (nSPS) is 13.4. The van der Waals surface area contributed by atoms with Crippen LogP contribution in [0, 0.1) is 0 Å². The fourth-order valence-corrected chi connectivity index (χ4v) is 8.76. The van der Waals surface area contributed by atoms with E-state index in [9.17, 15) is 19.2 Å². The van der Waals surface area contributed by atoms with Crippen LogP contribution in [-0.4, -0.2) is 35.5 Å². The first-order chi connectivity index (χ1) is 26.8. The standard InChI is InChI=1S/C45H45N3O5S2/c1-3-38(43(51)48-44-40(45(52)53-4-2)36-22-13-5-6-14-23-39(36)55-44)54-35-21-15-20-34(29-35)46-42(50)37(47-41(49)33-18-11-8-12-19-33)28-30-24-26-32(27-25-30)31-16-9-7-10-17-31/h7-12,15-21,24-29,38H,3-6,13-14,22-23H2,1-2H3,(H,46,50)(H,47,49)(H,48,51)/b37-28+. The Labute approximate surface area is 330 Å². The summed E-state index contributed by atoms with van der Waals surface area (Å²) in [5.74, 6) is -1.50. The molecule has 0 radical (unpaired) electrons. The molecule has 0 bridgehead atoms. The number of aryl methyl sites for hydroxylation is 1. The molecule has 1 atom stereocenters. The highest BCUT2D eigenvalue weighted by Crippen LogP contribution is 2.38. The zero-order valence-electron chi connectivity index (χ0n) is 31.1. The summed E-state index contributed by atoms with van der Waals surface area (Å²) in [6, 6.07) is 33.8. The highest BCUT2D eigenvalue weighted by atomic mass is 32.2. The number of carbonyl (C=O) groups excluding carboxylic acids is 4. The van der Waals surface area contributed by atoms with Gasteiger partial charge in [0.1, 0.15) is 10.7 Å². The number of thiophene rings is 1. The summed E-state index contributed by atoms with van der Waals surface area (Å²) >= 11 is 2.87. The molecule has 1 unspecified atom stereocenters. The van der Waals surface area contributed by atoms with Gasteiger partial charge in [-0.25, -0.2) is 4.79 Å². The summed E-state index contributed by atoms with van der Waals surface area (Å²) in [6.07, 6.45) is 8.21. The lowest BCUT2D eigenvalue weighted by molar-refractivity contribution is -0.116. The fraction of sp³-hybridized carbons (Fsp3) is 0.244. The number of benzene rings is 4. The van der Waals surface area contributed by atoms with Crippen LogP contribution in [0.15, 0.2) is 120 Å². The van der Waals surface area contributed by atoms with E-state index in [0.29, 0.717) is 28.2 Å². The van der Waals surface area contributed by atoms with Crippen LogP contribution in [0.5, 0.6) is 0 Å². The number of thioether (sulfide) groups is 1. The Kier molecular flexibility index (Phi) is 13.7. The highest BCUT2D eigenvalue weighted by Gasteiger charge is 2.28. The largest absolute Gasteiger partial charge is 0.462 e. The minimum atomic E-state index is -0.497. The monoisotopic (exact) mass is 771 g/mol. The minimum Gasteiger partial charge on any atom is -0.462 e. The smallest absolute Gasteiger partial charge is 0.341 e. The van der Waals surface area contributed by atoms with E-state index in [4.69, 9.17) is 4.74 Å². The Morgan fingerprint density at radius 3 is 2.18 bits per heavy atom. The van der Waals surface area contributed by atoms with Gasteiger partial charge in [0.25, 0.3) is 11.8 Å². The first kappa shape index (κ1) is 39.2. The quantitative estimate of drug-likeness (QED) is 0.0624. The van der Waals surface area contributed by atoms with Gasteiger partial charge >= 0.3 is 5.97 Å².